The molecule has 2 aromatic rings. The molecule has 0 unspecified atom stereocenters. The largest absolute Gasteiger partial charge is 0.121 e. The van der Waals surface area contributed by atoms with Gasteiger partial charge in [0.15, 0.2) is 0 Å². The number of rotatable bonds is 6. The van der Waals surface area contributed by atoms with E-state index in [4.69, 9.17) is 0 Å². The van der Waals surface area contributed by atoms with Crippen LogP contribution >= 0.6 is 11.8 Å². The molecule has 0 fully saturated rings. The second kappa shape index (κ2) is 7.20. The molecule has 0 aliphatic rings. The SMILES string of the molecule is C=Cc1cccc(CCC)c1CSc1ccccc1. The Morgan fingerprint density at radius 3 is 2.53 bits per heavy atom. The van der Waals surface area contributed by atoms with Gasteiger partial charge < -0.3 is 0 Å². The highest BCUT2D eigenvalue weighted by Crippen LogP contribution is 2.27. The summed E-state index contributed by atoms with van der Waals surface area (Å²) in [4.78, 5) is 1.32. The standard InChI is InChI=1S/C18H20S/c1-3-9-16-11-8-10-15(4-2)18(16)14-19-17-12-6-5-7-13-17/h4-8,10-13H,2-3,9,14H2,1H3. The lowest BCUT2D eigenvalue weighted by atomic mass is 9.99. The second-order valence-corrected chi connectivity index (χ2v) is 5.59. The molecule has 0 spiro atoms. The van der Waals surface area contributed by atoms with Crippen LogP contribution in [0.15, 0.2) is 60.0 Å². The first kappa shape index (κ1) is 14.0. The fraction of sp³-hybridized carbons (Fsp3) is 0.222. The fourth-order valence-corrected chi connectivity index (χ4v) is 3.21. The molecule has 2 rings (SSSR count). The molecule has 0 aromatic heterocycles. The van der Waals surface area contributed by atoms with Gasteiger partial charge in [0.2, 0.25) is 0 Å². The van der Waals surface area contributed by atoms with Gasteiger partial charge in [-0.2, -0.15) is 0 Å². The third kappa shape index (κ3) is 3.74. The van der Waals surface area contributed by atoms with Crippen LogP contribution in [0.5, 0.6) is 0 Å². The number of hydrogen-bond acceptors (Lipinski definition) is 1. The highest BCUT2D eigenvalue weighted by Gasteiger charge is 2.06. The predicted octanol–water partition coefficient (Wildman–Crippen LogP) is 5.57. The van der Waals surface area contributed by atoms with Crippen LogP contribution in [0, 0.1) is 0 Å². The van der Waals surface area contributed by atoms with Gasteiger partial charge in [-0.05, 0) is 35.2 Å². The molecule has 0 heterocycles. The Kier molecular flexibility index (Phi) is 5.29. The molecular formula is C18H20S. The monoisotopic (exact) mass is 268 g/mol. The van der Waals surface area contributed by atoms with Gasteiger partial charge in [0.05, 0.1) is 0 Å². The van der Waals surface area contributed by atoms with Crippen molar-refractivity contribution in [2.75, 3.05) is 0 Å². The highest BCUT2D eigenvalue weighted by molar-refractivity contribution is 7.98. The third-order valence-electron chi connectivity index (χ3n) is 3.17. The number of thioether (sulfide) groups is 1. The van der Waals surface area contributed by atoms with E-state index in [0.717, 1.165) is 12.2 Å². The highest BCUT2D eigenvalue weighted by atomic mass is 32.2. The summed E-state index contributed by atoms with van der Waals surface area (Å²) >= 11 is 1.90. The van der Waals surface area contributed by atoms with Crippen molar-refractivity contribution in [2.24, 2.45) is 0 Å². The summed E-state index contributed by atoms with van der Waals surface area (Å²) in [5.41, 5.74) is 4.17. The van der Waals surface area contributed by atoms with Crippen LogP contribution in [0.3, 0.4) is 0 Å². The molecule has 0 atom stereocenters. The zero-order valence-electron chi connectivity index (χ0n) is 11.4. The summed E-state index contributed by atoms with van der Waals surface area (Å²) < 4.78 is 0. The van der Waals surface area contributed by atoms with E-state index in [9.17, 15) is 0 Å². The normalized spacial score (nSPS) is 10.4. The lowest BCUT2D eigenvalue weighted by Crippen LogP contribution is -1.95. The van der Waals surface area contributed by atoms with Crippen LogP contribution in [0.4, 0.5) is 0 Å². The first-order chi connectivity index (χ1) is 9.35. The Bertz CT molecular complexity index is 529. The van der Waals surface area contributed by atoms with E-state index in [0.29, 0.717) is 0 Å². The molecule has 2 aromatic carbocycles. The first-order valence-corrected chi connectivity index (χ1v) is 7.74. The molecule has 0 N–H and O–H groups in total. The van der Waals surface area contributed by atoms with Gasteiger partial charge >= 0.3 is 0 Å². The molecule has 0 bridgehead atoms. The van der Waals surface area contributed by atoms with Crippen molar-refractivity contribution in [1.29, 1.82) is 0 Å². The molecule has 0 saturated carbocycles. The molecule has 19 heavy (non-hydrogen) atoms. The van der Waals surface area contributed by atoms with Gasteiger partial charge in [-0.3, -0.25) is 0 Å². The van der Waals surface area contributed by atoms with Crippen molar-refractivity contribution in [3.63, 3.8) is 0 Å². The maximum absolute atomic E-state index is 3.94. The minimum atomic E-state index is 1.02. The van der Waals surface area contributed by atoms with E-state index in [1.54, 1.807) is 0 Å². The lowest BCUT2D eigenvalue weighted by Gasteiger charge is -2.12. The minimum Gasteiger partial charge on any atom is -0.121 e. The summed E-state index contributed by atoms with van der Waals surface area (Å²) in [7, 11) is 0. The third-order valence-corrected chi connectivity index (χ3v) is 4.21. The van der Waals surface area contributed by atoms with Crippen LogP contribution in [0.25, 0.3) is 6.08 Å². The molecule has 0 aliphatic heterocycles. The van der Waals surface area contributed by atoms with Crippen LogP contribution < -0.4 is 0 Å². The summed E-state index contributed by atoms with van der Waals surface area (Å²) in [5.74, 6) is 1.02. The summed E-state index contributed by atoms with van der Waals surface area (Å²) in [6.45, 7) is 6.17. The zero-order chi connectivity index (χ0) is 13.5. The van der Waals surface area contributed by atoms with Crippen molar-refractivity contribution < 1.29 is 0 Å². The Hall–Kier alpha value is -1.47. The maximum Gasteiger partial charge on any atom is 0.0240 e. The van der Waals surface area contributed by atoms with Crippen molar-refractivity contribution in [3.8, 4) is 0 Å². The Labute approximate surface area is 120 Å². The Balaban J connectivity index is 2.20. The molecular weight excluding hydrogens is 248 g/mol. The summed E-state index contributed by atoms with van der Waals surface area (Å²) in [6.07, 6.45) is 4.30. The van der Waals surface area contributed by atoms with E-state index >= 15 is 0 Å². The van der Waals surface area contributed by atoms with Crippen LogP contribution in [-0.4, -0.2) is 0 Å². The maximum atomic E-state index is 3.94. The molecule has 0 saturated heterocycles. The Morgan fingerprint density at radius 1 is 1.05 bits per heavy atom. The summed E-state index contributed by atoms with van der Waals surface area (Å²) in [6, 6.07) is 17.1. The average molecular weight is 268 g/mol. The van der Waals surface area contributed by atoms with Crippen LogP contribution in [0.2, 0.25) is 0 Å². The quantitative estimate of drug-likeness (QED) is 0.617. The number of hydrogen-bond donors (Lipinski definition) is 0. The fourth-order valence-electron chi connectivity index (χ4n) is 2.20. The van der Waals surface area contributed by atoms with Gasteiger partial charge in [0.25, 0.3) is 0 Å². The second-order valence-electron chi connectivity index (χ2n) is 4.54. The average Bonchev–Trinajstić information content (AvgIpc) is 2.47. The van der Waals surface area contributed by atoms with Crippen molar-refractivity contribution >= 4 is 17.8 Å². The van der Waals surface area contributed by atoms with E-state index < -0.39 is 0 Å². The van der Waals surface area contributed by atoms with E-state index in [-0.39, 0.29) is 0 Å². The minimum absolute atomic E-state index is 1.02. The summed E-state index contributed by atoms with van der Waals surface area (Å²) in [5, 5.41) is 0. The van der Waals surface area contributed by atoms with Gasteiger partial charge in [-0.1, -0.05) is 62.4 Å². The van der Waals surface area contributed by atoms with Gasteiger partial charge in [0.1, 0.15) is 0 Å². The lowest BCUT2D eigenvalue weighted by molar-refractivity contribution is 0.910. The van der Waals surface area contributed by atoms with E-state index in [1.165, 1.54) is 28.0 Å². The Morgan fingerprint density at radius 2 is 1.84 bits per heavy atom. The molecule has 1 heteroatoms. The molecule has 0 amide bonds. The van der Waals surface area contributed by atoms with Gasteiger partial charge in [-0.25, -0.2) is 0 Å². The number of benzene rings is 2. The molecule has 0 radical (unpaired) electrons. The number of aryl methyl sites for hydroxylation is 1. The van der Waals surface area contributed by atoms with Crippen molar-refractivity contribution in [3.05, 3.63) is 71.8 Å². The van der Waals surface area contributed by atoms with Crippen LogP contribution in [-0.2, 0) is 12.2 Å². The predicted molar refractivity (Wildman–Crippen MR) is 86.5 cm³/mol. The van der Waals surface area contributed by atoms with Crippen molar-refractivity contribution in [1.82, 2.24) is 0 Å². The smallest absolute Gasteiger partial charge is 0.0240 e. The van der Waals surface area contributed by atoms with Crippen LogP contribution in [0.1, 0.15) is 30.0 Å². The molecule has 0 nitrogen and oxygen atoms in total. The first-order valence-electron chi connectivity index (χ1n) is 6.76. The van der Waals surface area contributed by atoms with Gasteiger partial charge in [-0.15, -0.1) is 11.8 Å². The van der Waals surface area contributed by atoms with E-state index in [2.05, 4.69) is 62.0 Å². The molecule has 0 aliphatic carbocycles. The van der Waals surface area contributed by atoms with E-state index in [1.807, 2.05) is 17.8 Å². The zero-order valence-corrected chi connectivity index (χ0v) is 12.2. The van der Waals surface area contributed by atoms with Crippen molar-refractivity contribution in [2.45, 2.75) is 30.4 Å². The molecule has 98 valence electrons. The topological polar surface area (TPSA) is 0 Å². The van der Waals surface area contributed by atoms with Gasteiger partial charge in [0, 0.05) is 10.6 Å².